The van der Waals surface area contributed by atoms with Gasteiger partial charge in [0.2, 0.25) is 5.91 Å². The number of carbonyl (C=O) groups excluding carboxylic acids is 1. The van der Waals surface area contributed by atoms with Crippen LogP contribution in [0.3, 0.4) is 0 Å². The van der Waals surface area contributed by atoms with Crippen molar-refractivity contribution in [1.29, 1.82) is 0 Å². The minimum atomic E-state index is -3.15. The highest BCUT2D eigenvalue weighted by atomic mass is 19.3. The highest BCUT2D eigenvalue weighted by Gasteiger charge is 2.38. The Labute approximate surface area is 103 Å². The average Bonchev–Trinajstić information content (AvgIpc) is 2.80. The lowest BCUT2D eigenvalue weighted by atomic mass is 9.94. The number of aromatic amines is 1. The Bertz CT molecular complexity index is 468. The van der Waals surface area contributed by atoms with E-state index in [1.165, 1.54) is 0 Å². The highest BCUT2D eigenvalue weighted by molar-refractivity contribution is 5.86. The molecule has 6 heteroatoms. The minimum Gasteiger partial charge on any atom is -0.346 e. The molecule has 0 fully saturated rings. The van der Waals surface area contributed by atoms with Gasteiger partial charge in [-0.05, 0) is 31.8 Å². The summed E-state index contributed by atoms with van der Waals surface area (Å²) in [6, 6.07) is 0. The van der Waals surface area contributed by atoms with Gasteiger partial charge in [0.05, 0.1) is 6.54 Å². The second-order valence-electron chi connectivity index (χ2n) is 4.36. The molecule has 0 bridgehead atoms. The van der Waals surface area contributed by atoms with Crippen molar-refractivity contribution in [2.45, 2.75) is 31.6 Å². The maximum absolute atomic E-state index is 13.9. The number of nitrogens with zero attached hydrogens (tertiary/aromatic N) is 1. The van der Waals surface area contributed by atoms with E-state index in [1.807, 2.05) is 0 Å². The van der Waals surface area contributed by atoms with Gasteiger partial charge in [-0.15, -0.1) is 0 Å². The summed E-state index contributed by atoms with van der Waals surface area (Å²) in [4.78, 5) is 10.9. The summed E-state index contributed by atoms with van der Waals surface area (Å²) in [7, 11) is 0. The molecule has 4 nitrogen and oxygen atoms in total. The number of alkyl halides is 2. The molecule has 1 aromatic heterocycles. The third-order valence-electron chi connectivity index (χ3n) is 3.07. The predicted molar refractivity (Wildman–Crippen MR) is 62.3 cm³/mol. The maximum atomic E-state index is 13.9. The summed E-state index contributed by atoms with van der Waals surface area (Å²) < 4.78 is 27.9. The molecule has 0 unspecified atom stereocenters. The molecule has 2 N–H and O–H groups in total. The minimum absolute atomic E-state index is 0.235. The van der Waals surface area contributed by atoms with E-state index in [0.29, 0.717) is 12.0 Å². The van der Waals surface area contributed by atoms with E-state index < -0.39 is 18.4 Å². The number of aryl methyl sites for hydroxylation is 1. The zero-order chi connectivity index (χ0) is 13.2. The lowest BCUT2D eigenvalue weighted by molar-refractivity contribution is -0.118. The zero-order valence-corrected chi connectivity index (χ0v) is 9.93. The molecular formula is C12H15F2N3O. The number of H-pyrrole nitrogens is 1. The fraction of sp³-hybridized carbons (Fsp3) is 0.500. The number of halogens is 2. The van der Waals surface area contributed by atoms with Crippen molar-refractivity contribution in [2.75, 3.05) is 6.54 Å². The Morgan fingerprint density at radius 3 is 2.94 bits per heavy atom. The molecule has 1 aliphatic carbocycles. The molecule has 1 aliphatic rings. The van der Waals surface area contributed by atoms with E-state index in [4.69, 9.17) is 0 Å². The topological polar surface area (TPSA) is 57.8 Å². The second kappa shape index (κ2) is 4.88. The summed E-state index contributed by atoms with van der Waals surface area (Å²) >= 11 is 0. The van der Waals surface area contributed by atoms with Gasteiger partial charge in [-0.1, -0.05) is 6.58 Å². The molecule has 0 atom stereocenters. The molecule has 98 valence electrons. The van der Waals surface area contributed by atoms with Gasteiger partial charge in [-0.2, -0.15) is 13.9 Å². The number of aromatic nitrogens is 2. The third-order valence-corrected chi connectivity index (χ3v) is 3.07. The molecule has 0 radical (unpaired) electrons. The number of amides is 1. The summed E-state index contributed by atoms with van der Waals surface area (Å²) in [5.74, 6) is -3.76. The van der Waals surface area contributed by atoms with Gasteiger partial charge in [0.1, 0.15) is 5.69 Å². The van der Waals surface area contributed by atoms with Crippen molar-refractivity contribution in [3.63, 3.8) is 0 Å². The number of hydrogen-bond acceptors (Lipinski definition) is 2. The zero-order valence-electron chi connectivity index (χ0n) is 9.93. The number of fused-ring (bicyclic) bond motifs is 1. The Hall–Kier alpha value is -1.72. The van der Waals surface area contributed by atoms with Gasteiger partial charge in [-0.25, -0.2) is 0 Å². The maximum Gasteiger partial charge on any atom is 0.308 e. The van der Waals surface area contributed by atoms with Crippen LogP contribution >= 0.6 is 0 Å². The molecule has 0 saturated carbocycles. The summed E-state index contributed by atoms with van der Waals surface area (Å²) in [5, 5.41) is 8.50. The van der Waals surface area contributed by atoms with E-state index in [0.717, 1.165) is 31.0 Å². The average molecular weight is 255 g/mol. The summed E-state index contributed by atoms with van der Waals surface area (Å²) in [6.45, 7) is 2.46. The van der Waals surface area contributed by atoms with Crippen molar-refractivity contribution in [3.05, 3.63) is 29.6 Å². The Morgan fingerprint density at radius 2 is 2.22 bits per heavy atom. The predicted octanol–water partition coefficient (Wildman–Crippen LogP) is 1.68. The van der Waals surface area contributed by atoms with E-state index in [1.54, 1.807) is 0 Å². The Kier molecular flexibility index (Phi) is 3.45. The molecular weight excluding hydrogens is 240 g/mol. The van der Waals surface area contributed by atoms with Crippen molar-refractivity contribution in [3.8, 4) is 0 Å². The smallest absolute Gasteiger partial charge is 0.308 e. The Morgan fingerprint density at radius 1 is 1.50 bits per heavy atom. The largest absolute Gasteiger partial charge is 0.346 e. The molecule has 1 heterocycles. The third kappa shape index (κ3) is 2.42. The molecule has 0 spiro atoms. The van der Waals surface area contributed by atoms with Gasteiger partial charge < -0.3 is 5.32 Å². The first-order valence-electron chi connectivity index (χ1n) is 5.89. The molecule has 1 aromatic rings. The fourth-order valence-corrected chi connectivity index (χ4v) is 2.14. The van der Waals surface area contributed by atoms with Crippen LogP contribution in [0.15, 0.2) is 12.7 Å². The fourth-order valence-electron chi connectivity index (χ4n) is 2.14. The van der Waals surface area contributed by atoms with E-state index in [2.05, 4.69) is 22.1 Å². The van der Waals surface area contributed by atoms with Gasteiger partial charge in [0, 0.05) is 11.3 Å². The lowest BCUT2D eigenvalue weighted by Crippen LogP contribution is -2.35. The van der Waals surface area contributed by atoms with Crippen LogP contribution in [-0.4, -0.2) is 22.6 Å². The number of carbonyl (C=O) groups is 1. The SMILES string of the molecule is C=CC(=O)NCC(F)(F)c1n[nH]c2c1CCCC2. The van der Waals surface area contributed by atoms with Crippen LogP contribution < -0.4 is 5.32 Å². The van der Waals surface area contributed by atoms with Crippen LogP contribution in [0.25, 0.3) is 0 Å². The summed E-state index contributed by atoms with van der Waals surface area (Å²) in [5.41, 5.74) is 1.17. The first-order chi connectivity index (χ1) is 8.54. The quantitative estimate of drug-likeness (QED) is 0.804. The number of nitrogens with one attached hydrogen (secondary N) is 2. The van der Waals surface area contributed by atoms with Gasteiger partial charge >= 0.3 is 5.92 Å². The lowest BCUT2D eigenvalue weighted by Gasteiger charge is -2.18. The number of rotatable bonds is 4. The molecule has 0 aromatic carbocycles. The van der Waals surface area contributed by atoms with Crippen molar-refractivity contribution >= 4 is 5.91 Å². The van der Waals surface area contributed by atoms with E-state index in [-0.39, 0.29) is 5.69 Å². The molecule has 0 saturated heterocycles. The van der Waals surface area contributed by atoms with Crippen LogP contribution in [-0.2, 0) is 23.6 Å². The standard InChI is InChI=1S/C12H15F2N3O/c1-2-10(18)15-7-12(13,14)11-8-5-3-4-6-9(8)16-17-11/h2H,1,3-7H2,(H,15,18)(H,16,17). The normalized spacial score (nSPS) is 15.0. The van der Waals surface area contributed by atoms with Crippen LogP contribution in [0.5, 0.6) is 0 Å². The molecule has 0 aliphatic heterocycles. The van der Waals surface area contributed by atoms with Crippen LogP contribution in [0.1, 0.15) is 29.8 Å². The van der Waals surface area contributed by atoms with E-state index in [9.17, 15) is 13.6 Å². The second-order valence-corrected chi connectivity index (χ2v) is 4.36. The molecule has 1 amide bonds. The first kappa shape index (κ1) is 12.7. The van der Waals surface area contributed by atoms with Crippen molar-refractivity contribution < 1.29 is 13.6 Å². The van der Waals surface area contributed by atoms with Gasteiger partial charge in [0.25, 0.3) is 0 Å². The molecule has 2 rings (SSSR count). The van der Waals surface area contributed by atoms with Gasteiger partial charge in [0.15, 0.2) is 0 Å². The van der Waals surface area contributed by atoms with Crippen LogP contribution in [0.4, 0.5) is 8.78 Å². The first-order valence-corrected chi connectivity index (χ1v) is 5.89. The highest BCUT2D eigenvalue weighted by Crippen LogP contribution is 2.33. The van der Waals surface area contributed by atoms with Crippen LogP contribution in [0, 0.1) is 0 Å². The van der Waals surface area contributed by atoms with E-state index >= 15 is 0 Å². The number of hydrogen-bond donors (Lipinski definition) is 2. The Balaban J connectivity index is 2.16. The van der Waals surface area contributed by atoms with Crippen molar-refractivity contribution in [1.82, 2.24) is 15.5 Å². The van der Waals surface area contributed by atoms with Gasteiger partial charge in [-0.3, -0.25) is 9.89 Å². The molecule has 18 heavy (non-hydrogen) atoms. The van der Waals surface area contributed by atoms with Crippen molar-refractivity contribution in [2.24, 2.45) is 0 Å². The monoisotopic (exact) mass is 255 g/mol. The summed E-state index contributed by atoms with van der Waals surface area (Å²) in [6.07, 6.45) is 4.24. The van der Waals surface area contributed by atoms with Crippen LogP contribution in [0.2, 0.25) is 0 Å².